The molecule has 2 aromatic heterocycles. The number of pyridine rings is 1. The van der Waals surface area contributed by atoms with Crippen molar-refractivity contribution >= 4 is 28.7 Å². The highest BCUT2D eigenvalue weighted by molar-refractivity contribution is 6.11. The number of nitrogens with one attached hydrogen (secondary N) is 2. The third kappa shape index (κ3) is 3.28. The number of aromatic nitrogens is 3. The van der Waals surface area contributed by atoms with Gasteiger partial charge in [0.25, 0.3) is 5.91 Å². The Morgan fingerprint density at radius 1 is 1.31 bits per heavy atom. The molecule has 0 saturated heterocycles. The van der Waals surface area contributed by atoms with Gasteiger partial charge in [0.15, 0.2) is 5.65 Å². The van der Waals surface area contributed by atoms with Crippen molar-refractivity contribution in [3.63, 3.8) is 0 Å². The van der Waals surface area contributed by atoms with Crippen LogP contribution < -0.4 is 11.1 Å². The van der Waals surface area contributed by atoms with Gasteiger partial charge in [-0.1, -0.05) is 0 Å². The molecule has 1 aliphatic carbocycles. The van der Waals surface area contributed by atoms with Crippen molar-refractivity contribution in [1.29, 1.82) is 0 Å². The third-order valence-electron chi connectivity index (χ3n) is 4.48. The number of carbonyl (C=O) groups is 2. The standard InChI is InChI=1S/C19H19N5O2/c1-10-6-12(17(20)25)9-13(7-10)22-19(26)14-4-5-21-18-16(14)23-15(24-18)8-11-2-3-11/h4-7,9,11H,2-3,8H2,1H3,(H2,20,25)(H,22,26)(H,21,23,24). The van der Waals surface area contributed by atoms with Gasteiger partial charge in [-0.2, -0.15) is 0 Å². The van der Waals surface area contributed by atoms with Crippen LogP contribution in [0.2, 0.25) is 0 Å². The van der Waals surface area contributed by atoms with Gasteiger partial charge in [-0.3, -0.25) is 9.59 Å². The van der Waals surface area contributed by atoms with Crippen LogP contribution in [0.15, 0.2) is 30.5 Å². The summed E-state index contributed by atoms with van der Waals surface area (Å²) in [5.74, 6) is 0.725. The van der Waals surface area contributed by atoms with Gasteiger partial charge < -0.3 is 16.0 Å². The molecule has 1 fully saturated rings. The second-order valence-corrected chi connectivity index (χ2v) is 6.79. The summed E-state index contributed by atoms with van der Waals surface area (Å²) in [6, 6.07) is 6.69. The minimum absolute atomic E-state index is 0.292. The zero-order chi connectivity index (χ0) is 18.3. The van der Waals surface area contributed by atoms with Crippen LogP contribution in [0.25, 0.3) is 11.2 Å². The van der Waals surface area contributed by atoms with Gasteiger partial charge in [0.1, 0.15) is 5.82 Å². The second-order valence-electron chi connectivity index (χ2n) is 6.79. The fraction of sp³-hybridized carbons (Fsp3) is 0.263. The maximum atomic E-state index is 12.8. The number of fused-ring (bicyclic) bond motifs is 1. The topological polar surface area (TPSA) is 114 Å². The smallest absolute Gasteiger partial charge is 0.257 e. The van der Waals surface area contributed by atoms with Crippen molar-refractivity contribution in [1.82, 2.24) is 15.0 Å². The van der Waals surface area contributed by atoms with E-state index in [-0.39, 0.29) is 5.91 Å². The summed E-state index contributed by atoms with van der Waals surface area (Å²) in [5, 5.41) is 2.83. The molecule has 0 radical (unpaired) electrons. The number of benzene rings is 1. The second kappa shape index (κ2) is 6.25. The van der Waals surface area contributed by atoms with Crippen molar-refractivity contribution in [3.05, 3.63) is 53.0 Å². The van der Waals surface area contributed by atoms with E-state index in [1.807, 2.05) is 6.92 Å². The third-order valence-corrected chi connectivity index (χ3v) is 4.48. The molecule has 0 atom stereocenters. The lowest BCUT2D eigenvalue weighted by Gasteiger charge is -2.08. The first kappa shape index (κ1) is 16.3. The Balaban J connectivity index is 1.63. The maximum absolute atomic E-state index is 12.8. The molecule has 1 aliphatic rings. The lowest BCUT2D eigenvalue weighted by molar-refractivity contribution is 0.0996. The molecule has 2 heterocycles. The molecule has 0 spiro atoms. The molecular weight excluding hydrogens is 330 g/mol. The van der Waals surface area contributed by atoms with Crippen molar-refractivity contribution in [2.24, 2.45) is 11.7 Å². The molecule has 132 valence electrons. The number of primary amides is 1. The number of aryl methyl sites for hydroxylation is 1. The van der Waals surface area contributed by atoms with Gasteiger partial charge >= 0.3 is 0 Å². The number of imidazole rings is 1. The van der Waals surface area contributed by atoms with Crippen LogP contribution in [0, 0.1) is 12.8 Å². The number of amides is 2. The molecule has 0 unspecified atom stereocenters. The van der Waals surface area contributed by atoms with Gasteiger partial charge in [-0.15, -0.1) is 0 Å². The molecule has 1 saturated carbocycles. The summed E-state index contributed by atoms with van der Waals surface area (Å²) in [6.45, 7) is 1.84. The Labute approximate surface area is 150 Å². The molecule has 3 aromatic rings. The number of H-pyrrole nitrogens is 1. The summed E-state index contributed by atoms with van der Waals surface area (Å²) < 4.78 is 0. The van der Waals surface area contributed by atoms with Gasteiger partial charge in [0.2, 0.25) is 5.91 Å². The fourth-order valence-corrected chi connectivity index (χ4v) is 3.04. The van der Waals surface area contributed by atoms with E-state index in [1.54, 1.807) is 30.5 Å². The van der Waals surface area contributed by atoms with E-state index in [0.29, 0.717) is 33.9 Å². The quantitative estimate of drug-likeness (QED) is 0.657. The predicted molar refractivity (Wildman–Crippen MR) is 98.0 cm³/mol. The van der Waals surface area contributed by atoms with E-state index in [2.05, 4.69) is 20.3 Å². The Kier molecular flexibility index (Phi) is 3.91. The van der Waals surface area contributed by atoms with Crippen LogP contribution in [0.4, 0.5) is 5.69 Å². The van der Waals surface area contributed by atoms with Gasteiger partial charge in [-0.05, 0) is 55.5 Å². The molecule has 2 amide bonds. The normalized spacial score (nSPS) is 13.7. The Hall–Kier alpha value is -3.22. The van der Waals surface area contributed by atoms with Crippen molar-refractivity contribution in [2.75, 3.05) is 5.32 Å². The molecule has 4 N–H and O–H groups in total. The number of nitrogens with zero attached hydrogens (tertiary/aromatic N) is 2. The van der Waals surface area contributed by atoms with Gasteiger partial charge in [0, 0.05) is 23.9 Å². The van der Waals surface area contributed by atoms with Gasteiger partial charge in [-0.25, -0.2) is 9.97 Å². The number of anilines is 1. The number of nitrogens with two attached hydrogens (primary N) is 1. The molecule has 7 nitrogen and oxygen atoms in total. The van der Waals surface area contributed by atoms with E-state index in [1.165, 1.54) is 12.8 Å². The lowest BCUT2D eigenvalue weighted by atomic mass is 10.1. The first-order valence-electron chi connectivity index (χ1n) is 8.56. The molecule has 4 rings (SSSR count). The highest BCUT2D eigenvalue weighted by Gasteiger charge is 2.24. The van der Waals surface area contributed by atoms with Crippen LogP contribution in [-0.4, -0.2) is 26.8 Å². The molecular formula is C19H19N5O2. The molecule has 7 heteroatoms. The summed E-state index contributed by atoms with van der Waals surface area (Å²) >= 11 is 0. The van der Waals surface area contributed by atoms with Crippen molar-refractivity contribution in [3.8, 4) is 0 Å². The average molecular weight is 349 g/mol. The van der Waals surface area contributed by atoms with Gasteiger partial charge in [0.05, 0.1) is 11.1 Å². The van der Waals surface area contributed by atoms with E-state index >= 15 is 0 Å². The van der Waals surface area contributed by atoms with E-state index in [0.717, 1.165) is 17.8 Å². The lowest BCUT2D eigenvalue weighted by Crippen LogP contribution is -2.15. The van der Waals surface area contributed by atoms with Crippen LogP contribution in [0.1, 0.15) is 44.9 Å². The summed E-state index contributed by atoms with van der Waals surface area (Å²) in [4.78, 5) is 36.2. The fourth-order valence-electron chi connectivity index (χ4n) is 3.04. The first-order valence-corrected chi connectivity index (χ1v) is 8.56. The Morgan fingerprint density at radius 2 is 2.12 bits per heavy atom. The van der Waals surface area contributed by atoms with E-state index < -0.39 is 5.91 Å². The maximum Gasteiger partial charge on any atom is 0.257 e. The summed E-state index contributed by atoms with van der Waals surface area (Å²) in [5.41, 5.74) is 8.68. The largest absolute Gasteiger partial charge is 0.366 e. The SMILES string of the molecule is Cc1cc(NC(=O)c2ccnc3nc(CC4CC4)[nH]c23)cc(C(N)=O)c1. The van der Waals surface area contributed by atoms with E-state index in [9.17, 15) is 9.59 Å². The molecule has 26 heavy (non-hydrogen) atoms. The summed E-state index contributed by atoms with van der Waals surface area (Å²) in [6.07, 6.45) is 4.92. The number of aromatic amines is 1. The van der Waals surface area contributed by atoms with Crippen LogP contribution in [0.3, 0.4) is 0 Å². The molecule has 0 bridgehead atoms. The Morgan fingerprint density at radius 3 is 2.85 bits per heavy atom. The Bertz CT molecular complexity index is 1020. The van der Waals surface area contributed by atoms with Crippen molar-refractivity contribution < 1.29 is 9.59 Å². The number of carbonyl (C=O) groups excluding carboxylic acids is 2. The molecule has 0 aliphatic heterocycles. The number of hydrogen-bond acceptors (Lipinski definition) is 4. The number of rotatable bonds is 5. The monoisotopic (exact) mass is 349 g/mol. The zero-order valence-corrected chi connectivity index (χ0v) is 14.4. The first-order chi connectivity index (χ1) is 12.5. The van der Waals surface area contributed by atoms with Crippen LogP contribution in [-0.2, 0) is 6.42 Å². The molecule has 1 aromatic carbocycles. The van der Waals surface area contributed by atoms with Crippen molar-refractivity contribution in [2.45, 2.75) is 26.2 Å². The predicted octanol–water partition coefficient (Wildman–Crippen LogP) is 2.57. The highest BCUT2D eigenvalue weighted by Crippen LogP contribution is 2.32. The minimum Gasteiger partial charge on any atom is -0.366 e. The highest BCUT2D eigenvalue weighted by atomic mass is 16.2. The average Bonchev–Trinajstić information content (AvgIpc) is 3.30. The summed E-state index contributed by atoms with van der Waals surface area (Å²) in [7, 11) is 0. The number of hydrogen-bond donors (Lipinski definition) is 3. The minimum atomic E-state index is -0.534. The van der Waals surface area contributed by atoms with E-state index in [4.69, 9.17) is 5.73 Å². The van der Waals surface area contributed by atoms with Crippen LogP contribution in [0.5, 0.6) is 0 Å². The zero-order valence-electron chi connectivity index (χ0n) is 14.4. The van der Waals surface area contributed by atoms with Crippen LogP contribution >= 0.6 is 0 Å².